The number of hydrogen-bond acceptors (Lipinski definition) is 1. The van der Waals surface area contributed by atoms with Gasteiger partial charge in [0.1, 0.15) is 11.5 Å². The molecule has 0 amide bonds. The van der Waals surface area contributed by atoms with Crippen LogP contribution < -0.4 is 0 Å². The van der Waals surface area contributed by atoms with Crippen LogP contribution in [0.15, 0.2) is 28.7 Å². The topological polar surface area (TPSA) is 13.1 Å². The van der Waals surface area contributed by atoms with Crippen molar-refractivity contribution in [3.63, 3.8) is 0 Å². The maximum atomic E-state index is 8.88. The molecule has 1 nitrogen and oxygen atoms in total. The molecule has 0 aliphatic rings. The first-order valence-electron chi connectivity index (χ1n) is 9.81. The van der Waals surface area contributed by atoms with Gasteiger partial charge in [0.05, 0.1) is 0 Å². The van der Waals surface area contributed by atoms with E-state index >= 15 is 0 Å². The van der Waals surface area contributed by atoms with Gasteiger partial charge in [0.15, 0.2) is 0 Å². The van der Waals surface area contributed by atoms with Crippen molar-refractivity contribution in [3.05, 3.63) is 35.8 Å². The third-order valence-electron chi connectivity index (χ3n) is 4.30. The molecule has 0 N–H and O–H groups in total. The van der Waals surface area contributed by atoms with Crippen molar-refractivity contribution in [1.82, 2.24) is 0 Å². The van der Waals surface area contributed by atoms with Crippen molar-refractivity contribution in [2.45, 2.75) is 91.4 Å². The lowest BCUT2D eigenvalue weighted by Crippen LogP contribution is -2.06. The third kappa shape index (κ3) is 7.33. The maximum absolute atomic E-state index is 8.88. The van der Waals surface area contributed by atoms with Crippen LogP contribution in [-0.2, 0) is 12.8 Å². The molecule has 1 aromatic rings. The zero-order chi connectivity index (χ0) is 17.1. The van der Waals surface area contributed by atoms with E-state index < -0.39 is 5.89 Å². The summed E-state index contributed by atoms with van der Waals surface area (Å²) in [5.74, 6) is 1.58. The second-order valence-electron chi connectivity index (χ2n) is 6.42. The average molecular weight is 306 g/mol. The van der Waals surface area contributed by atoms with E-state index in [1.54, 1.807) is 0 Å². The number of unbranched alkanes of at least 4 members (excludes halogenated alkanes) is 4. The minimum absolute atomic E-state index is 0.485. The van der Waals surface area contributed by atoms with Crippen LogP contribution in [0.1, 0.15) is 91.4 Å². The van der Waals surface area contributed by atoms with E-state index in [0.29, 0.717) is 6.42 Å². The summed E-state index contributed by atoms with van der Waals surface area (Å²) in [6, 6.07) is 4.18. The molecule has 0 aromatic carbocycles. The Hall–Kier alpha value is -0.980. The van der Waals surface area contributed by atoms with Crippen LogP contribution in [0.5, 0.6) is 0 Å². The fraction of sp³-hybridized carbons (Fsp3) is 0.714. The van der Waals surface area contributed by atoms with Crippen LogP contribution in [0.3, 0.4) is 0 Å². The smallest absolute Gasteiger partial charge is 0.108 e. The van der Waals surface area contributed by atoms with Crippen molar-refractivity contribution in [2.75, 3.05) is 0 Å². The van der Waals surface area contributed by atoms with E-state index in [9.17, 15) is 0 Å². The Morgan fingerprint density at radius 2 is 1.59 bits per heavy atom. The molecule has 0 unspecified atom stereocenters. The lowest BCUT2D eigenvalue weighted by molar-refractivity contribution is 0.436. The van der Waals surface area contributed by atoms with E-state index in [0.717, 1.165) is 62.0 Å². The van der Waals surface area contributed by atoms with Crippen molar-refractivity contribution in [1.29, 1.82) is 0 Å². The summed E-state index contributed by atoms with van der Waals surface area (Å²) in [6.07, 6.45) is 11.8. The van der Waals surface area contributed by atoms with E-state index in [4.69, 9.17) is 5.79 Å². The van der Waals surface area contributed by atoms with Gasteiger partial charge in [0.25, 0.3) is 0 Å². The summed E-state index contributed by atoms with van der Waals surface area (Å²) in [4.78, 5) is 0. The molecular weight excluding hydrogens is 268 g/mol. The normalized spacial score (nSPS) is 12.4. The molecule has 0 spiro atoms. The molecule has 0 bridgehead atoms. The summed E-state index contributed by atoms with van der Waals surface area (Å²) >= 11 is 0. The Bertz CT molecular complexity index is 438. The molecule has 1 heteroatoms. The van der Waals surface area contributed by atoms with Gasteiger partial charge in [-0.25, -0.2) is 0 Å². The van der Waals surface area contributed by atoms with Crippen molar-refractivity contribution < 1.29 is 5.79 Å². The average Bonchev–Trinajstić information content (AvgIpc) is 2.98. The van der Waals surface area contributed by atoms with Gasteiger partial charge < -0.3 is 4.42 Å². The largest absolute Gasteiger partial charge is 0.466 e. The third-order valence-corrected chi connectivity index (χ3v) is 4.30. The minimum atomic E-state index is -0.485. The first kappa shape index (κ1) is 17.4. The maximum Gasteiger partial charge on any atom is 0.108 e. The number of allylic oxidation sites excluding steroid dienone is 1. The first-order chi connectivity index (χ1) is 11.1. The van der Waals surface area contributed by atoms with Crippen LogP contribution in [0.2, 0.25) is 0 Å². The molecule has 0 saturated heterocycles. The second kappa shape index (κ2) is 11.6. The van der Waals surface area contributed by atoms with E-state index in [1.807, 2.05) is 0 Å². The molecule has 0 atom stereocenters. The van der Waals surface area contributed by atoms with Gasteiger partial charge in [0, 0.05) is 14.2 Å². The van der Waals surface area contributed by atoms with Crippen molar-refractivity contribution in [2.24, 2.45) is 5.89 Å². The Morgan fingerprint density at radius 1 is 1.00 bits per heavy atom. The quantitative estimate of drug-likeness (QED) is 0.279. The highest BCUT2D eigenvalue weighted by Gasteiger charge is 2.14. The molecular formula is C21H36O. The summed E-state index contributed by atoms with van der Waals surface area (Å²) in [7, 11) is 0. The summed E-state index contributed by atoms with van der Waals surface area (Å²) < 4.78 is 14.8. The molecule has 1 aromatic heterocycles. The lowest BCUT2D eigenvalue weighted by atomic mass is 9.87. The van der Waals surface area contributed by atoms with Crippen molar-refractivity contribution >= 4 is 0 Å². The molecule has 0 fully saturated rings. The fourth-order valence-corrected chi connectivity index (χ4v) is 2.80. The van der Waals surface area contributed by atoms with Crippen LogP contribution in [0, 0.1) is 5.89 Å². The van der Waals surface area contributed by atoms with Gasteiger partial charge >= 0.3 is 0 Å². The predicted molar refractivity (Wildman–Crippen MR) is 97.3 cm³/mol. The van der Waals surface area contributed by atoms with Crippen LogP contribution in [0.25, 0.3) is 0 Å². The zero-order valence-corrected chi connectivity index (χ0v) is 15.0. The second-order valence-corrected chi connectivity index (χ2v) is 6.42. The molecule has 0 aliphatic heterocycles. The Labute approximate surface area is 139 Å². The number of furan rings is 1. The molecule has 22 heavy (non-hydrogen) atoms. The Morgan fingerprint density at radius 3 is 2.18 bits per heavy atom. The highest BCUT2D eigenvalue weighted by atomic mass is 16.3. The molecule has 0 aliphatic carbocycles. The van der Waals surface area contributed by atoms with Crippen molar-refractivity contribution in [3.8, 4) is 0 Å². The summed E-state index contributed by atoms with van der Waals surface area (Å²) in [5.41, 5.74) is 1.02. The summed E-state index contributed by atoms with van der Waals surface area (Å²) in [5, 5.41) is 0. The van der Waals surface area contributed by atoms with Gasteiger partial charge in [-0.15, -0.1) is 0 Å². The minimum Gasteiger partial charge on any atom is -0.466 e. The molecule has 126 valence electrons. The van der Waals surface area contributed by atoms with E-state index in [2.05, 4.69) is 39.5 Å². The first-order valence-corrected chi connectivity index (χ1v) is 9.31. The van der Waals surface area contributed by atoms with Crippen LogP contribution in [-0.4, -0.2) is 0 Å². The Balaban J connectivity index is 2.62. The fourth-order valence-electron chi connectivity index (χ4n) is 2.80. The molecule has 0 saturated carbocycles. The SMILES string of the molecule is [2H]C(CCCC)(CCCC)C(=C)Cc1ccc(CCCCC)o1. The standard InChI is InChI=1S/C21H36O/c1-5-8-11-14-20-15-16-21(22-20)17-18(4)19(12-9-6-2)13-10-7-3/h15-16,19H,4-14,17H2,1-3H3/i19D. The highest BCUT2D eigenvalue weighted by Crippen LogP contribution is 2.26. The van der Waals surface area contributed by atoms with Gasteiger partial charge in [0.2, 0.25) is 0 Å². The van der Waals surface area contributed by atoms with E-state index in [-0.39, 0.29) is 0 Å². The number of aryl methyl sites for hydroxylation is 1. The lowest BCUT2D eigenvalue weighted by Gasteiger charge is -2.18. The van der Waals surface area contributed by atoms with Gasteiger partial charge in [-0.05, 0) is 37.3 Å². The van der Waals surface area contributed by atoms with Crippen LogP contribution in [0.4, 0.5) is 0 Å². The zero-order valence-electron chi connectivity index (χ0n) is 16.0. The van der Waals surface area contributed by atoms with Crippen LogP contribution >= 0.6 is 0 Å². The highest BCUT2D eigenvalue weighted by molar-refractivity contribution is 5.15. The Kier molecular flexibility index (Phi) is 9.14. The molecule has 1 heterocycles. The number of hydrogen-bond donors (Lipinski definition) is 0. The molecule has 1 rings (SSSR count). The van der Waals surface area contributed by atoms with Gasteiger partial charge in [-0.1, -0.05) is 71.4 Å². The van der Waals surface area contributed by atoms with E-state index in [1.165, 1.54) is 19.3 Å². The monoisotopic (exact) mass is 305 g/mol. The van der Waals surface area contributed by atoms with Gasteiger partial charge in [-0.3, -0.25) is 0 Å². The van der Waals surface area contributed by atoms with Gasteiger partial charge in [-0.2, -0.15) is 0 Å². The molecule has 0 radical (unpaired) electrons. The predicted octanol–water partition coefficient (Wildman–Crippen LogP) is 7.11. The summed E-state index contributed by atoms with van der Waals surface area (Å²) in [6.45, 7) is 10.9. The number of rotatable bonds is 13.